The first-order chi connectivity index (χ1) is 15.1. The van der Waals surface area contributed by atoms with Crippen LogP contribution in [0.25, 0.3) is 0 Å². The number of aliphatic imine (C=N–C) groups is 1. The Labute approximate surface area is 194 Å². The van der Waals surface area contributed by atoms with Gasteiger partial charge < -0.3 is 9.80 Å². The minimum Gasteiger partial charge on any atom is -0.336 e. The topological polar surface area (TPSA) is 65.0 Å². The van der Waals surface area contributed by atoms with Gasteiger partial charge in [0.05, 0.1) is 0 Å². The van der Waals surface area contributed by atoms with Crippen LogP contribution in [-0.4, -0.2) is 58.5 Å². The molecule has 0 saturated carbocycles. The molecule has 0 aromatic carbocycles. The number of amides is 3. The summed E-state index contributed by atoms with van der Waals surface area (Å²) in [5, 5.41) is 3.45. The number of nitrogens with zero attached hydrogens (tertiary/aromatic N) is 3. The normalized spacial score (nSPS) is 20.8. The predicted octanol–water partition coefficient (Wildman–Crippen LogP) is 5.77. The van der Waals surface area contributed by atoms with Crippen LogP contribution in [-0.2, 0) is 4.79 Å². The van der Waals surface area contributed by atoms with E-state index in [2.05, 4.69) is 24.1 Å². The van der Waals surface area contributed by atoms with Crippen LogP contribution < -0.4 is 5.32 Å². The summed E-state index contributed by atoms with van der Waals surface area (Å²) in [6, 6.07) is -0.719. The van der Waals surface area contributed by atoms with E-state index in [1.807, 2.05) is 0 Å². The van der Waals surface area contributed by atoms with Crippen molar-refractivity contribution in [3.05, 3.63) is 0 Å². The fourth-order valence-electron chi connectivity index (χ4n) is 4.32. The van der Waals surface area contributed by atoms with E-state index in [-0.39, 0.29) is 24.1 Å². The lowest BCUT2D eigenvalue weighted by molar-refractivity contribution is -0.127. The zero-order valence-electron chi connectivity index (χ0n) is 20.0. The van der Waals surface area contributed by atoms with Crippen molar-refractivity contribution in [1.82, 2.24) is 15.1 Å². The molecule has 2 rings (SSSR count). The molecule has 0 bridgehead atoms. The quantitative estimate of drug-likeness (QED) is 0.302. The molecule has 0 aromatic rings. The van der Waals surface area contributed by atoms with Gasteiger partial charge in [-0.05, 0) is 12.8 Å². The van der Waals surface area contributed by atoms with Crippen LogP contribution in [0, 0.1) is 0 Å². The van der Waals surface area contributed by atoms with Gasteiger partial charge in [0.2, 0.25) is 0 Å². The van der Waals surface area contributed by atoms with Crippen LogP contribution in [0.1, 0.15) is 104 Å². The molecule has 0 aromatic heterocycles. The van der Waals surface area contributed by atoms with Gasteiger partial charge in [-0.3, -0.25) is 10.1 Å². The van der Waals surface area contributed by atoms with Crippen molar-refractivity contribution in [2.75, 3.05) is 19.3 Å². The van der Waals surface area contributed by atoms with E-state index in [0.717, 1.165) is 23.9 Å². The zero-order chi connectivity index (χ0) is 22.5. The average molecular weight is 453 g/mol. The van der Waals surface area contributed by atoms with Gasteiger partial charge >= 0.3 is 6.03 Å². The van der Waals surface area contributed by atoms with Gasteiger partial charge in [0, 0.05) is 19.3 Å². The van der Waals surface area contributed by atoms with Gasteiger partial charge in [-0.1, -0.05) is 103 Å². The summed E-state index contributed by atoms with van der Waals surface area (Å²) in [5.41, 5.74) is 0. The first-order valence-electron chi connectivity index (χ1n) is 12.6. The number of nitrogens with one attached hydrogen (secondary N) is 1. The van der Waals surface area contributed by atoms with Crippen LogP contribution in [0.3, 0.4) is 0 Å². The fourth-order valence-corrected chi connectivity index (χ4v) is 5.40. The van der Waals surface area contributed by atoms with Crippen molar-refractivity contribution in [1.29, 1.82) is 0 Å². The molecule has 2 aliphatic rings. The Kier molecular flexibility index (Phi) is 12.4. The average Bonchev–Trinajstić information content (AvgIpc) is 3.12. The molecule has 1 fully saturated rings. The highest BCUT2D eigenvalue weighted by Gasteiger charge is 2.48. The minimum absolute atomic E-state index is 0.202. The number of urea groups is 1. The summed E-state index contributed by atoms with van der Waals surface area (Å²) in [7, 11) is 1.73. The van der Waals surface area contributed by atoms with Crippen molar-refractivity contribution >= 4 is 28.9 Å². The Hall–Kier alpha value is -1.24. The van der Waals surface area contributed by atoms with E-state index >= 15 is 0 Å². The van der Waals surface area contributed by atoms with Gasteiger partial charge in [0.15, 0.2) is 17.4 Å². The third-order valence-electron chi connectivity index (χ3n) is 6.30. The molecule has 6 nitrogen and oxygen atoms in total. The molecule has 2 heterocycles. The summed E-state index contributed by atoms with van der Waals surface area (Å²) >= 11 is 1.76. The second kappa shape index (κ2) is 14.8. The number of thioether (sulfide) groups is 1. The molecule has 0 radical (unpaired) electrons. The maximum absolute atomic E-state index is 12.6. The summed E-state index contributed by atoms with van der Waals surface area (Å²) in [4.78, 5) is 33.2. The van der Waals surface area contributed by atoms with Crippen LogP contribution in [0.15, 0.2) is 4.99 Å². The molecule has 31 heavy (non-hydrogen) atoms. The number of hydrogen-bond acceptors (Lipinski definition) is 5. The molecule has 2 aliphatic heterocycles. The van der Waals surface area contributed by atoms with Crippen molar-refractivity contribution in [2.45, 2.75) is 116 Å². The Morgan fingerprint density at radius 3 is 2.00 bits per heavy atom. The Morgan fingerprint density at radius 2 is 1.39 bits per heavy atom. The van der Waals surface area contributed by atoms with Crippen molar-refractivity contribution < 1.29 is 9.59 Å². The molecule has 3 amide bonds. The van der Waals surface area contributed by atoms with E-state index in [1.54, 1.807) is 23.7 Å². The van der Waals surface area contributed by atoms with Gasteiger partial charge in [-0.15, -0.1) is 0 Å². The third-order valence-corrected chi connectivity index (χ3v) is 7.40. The molecular formula is C24H44N4O2S. The van der Waals surface area contributed by atoms with Crippen LogP contribution in [0.4, 0.5) is 4.79 Å². The summed E-state index contributed by atoms with van der Waals surface area (Å²) < 4.78 is 0. The van der Waals surface area contributed by atoms with E-state index in [1.165, 1.54) is 83.5 Å². The zero-order valence-corrected chi connectivity index (χ0v) is 20.9. The standard InChI is InChI=1S/C24H44N4O2S/c1-4-6-8-10-12-13-14-16-18-28-20-21(27(3)23(30)26-22(20)29)25-24(28)31-19-17-15-11-9-7-5-2/h20-21H,4-19H2,1-3H3,(H,26,29,30). The van der Waals surface area contributed by atoms with Gasteiger partial charge in [-0.25, -0.2) is 9.79 Å². The molecule has 178 valence electrons. The monoisotopic (exact) mass is 452 g/mol. The maximum Gasteiger partial charge on any atom is 0.325 e. The number of likely N-dealkylation sites (N-methyl/N-ethyl adjacent to an activating group) is 1. The minimum atomic E-state index is -0.387. The number of fused-ring (bicyclic) bond motifs is 1. The number of amidine groups is 1. The van der Waals surface area contributed by atoms with Gasteiger partial charge in [0.25, 0.3) is 5.91 Å². The molecule has 7 heteroatoms. The highest BCUT2D eigenvalue weighted by Crippen LogP contribution is 2.29. The first kappa shape index (κ1) is 26.0. The first-order valence-corrected chi connectivity index (χ1v) is 13.6. The number of imide groups is 1. The molecule has 1 saturated heterocycles. The molecule has 2 atom stereocenters. The molecule has 0 aliphatic carbocycles. The number of carbonyl (C=O) groups is 2. The Morgan fingerprint density at radius 1 is 0.839 bits per heavy atom. The van der Waals surface area contributed by atoms with Crippen molar-refractivity contribution in [2.24, 2.45) is 4.99 Å². The van der Waals surface area contributed by atoms with E-state index in [0.29, 0.717) is 0 Å². The summed E-state index contributed by atoms with van der Waals surface area (Å²) in [6.07, 6.45) is 17.4. The summed E-state index contributed by atoms with van der Waals surface area (Å²) in [5.74, 6) is 0.823. The number of unbranched alkanes of at least 4 members (excludes halogenated alkanes) is 12. The lowest BCUT2D eigenvalue weighted by Crippen LogP contribution is -2.63. The van der Waals surface area contributed by atoms with Gasteiger partial charge in [0.1, 0.15) is 0 Å². The lowest BCUT2D eigenvalue weighted by atomic mass is 10.1. The Bertz CT molecular complexity index is 584. The molecule has 2 unspecified atom stereocenters. The summed E-state index contributed by atoms with van der Waals surface area (Å²) in [6.45, 7) is 5.33. The van der Waals surface area contributed by atoms with Crippen LogP contribution >= 0.6 is 11.8 Å². The molecule has 0 spiro atoms. The van der Waals surface area contributed by atoms with E-state index in [9.17, 15) is 9.59 Å². The second-order valence-corrected chi connectivity index (χ2v) is 10.0. The van der Waals surface area contributed by atoms with Crippen LogP contribution in [0.5, 0.6) is 0 Å². The van der Waals surface area contributed by atoms with Crippen molar-refractivity contribution in [3.8, 4) is 0 Å². The predicted molar refractivity (Wildman–Crippen MR) is 131 cm³/mol. The smallest absolute Gasteiger partial charge is 0.325 e. The van der Waals surface area contributed by atoms with E-state index < -0.39 is 0 Å². The fraction of sp³-hybridized carbons (Fsp3) is 0.875. The van der Waals surface area contributed by atoms with E-state index in [4.69, 9.17) is 4.99 Å². The van der Waals surface area contributed by atoms with Crippen molar-refractivity contribution in [3.63, 3.8) is 0 Å². The second-order valence-electron chi connectivity index (χ2n) is 8.96. The number of hydrogen-bond donors (Lipinski definition) is 1. The Balaban J connectivity index is 1.82. The number of carbonyl (C=O) groups excluding carboxylic acids is 2. The molecule has 1 N–H and O–H groups in total. The maximum atomic E-state index is 12.6. The SMILES string of the molecule is CCCCCCCCCCN1C(SCCCCCCCC)=NC2C1C(=O)NC(=O)N2C. The third kappa shape index (κ3) is 8.32. The van der Waals surface area contributed by atoms with Gasteiger partial charge in [-0.2, -0.15) is 0 Å². The highest BCUT2D eigenvalue weighted by atomic mass is 32.2. The largest absolute Gasteiger partial charge is 0.336 e. The highest BCUT2D eigenvalue weighted by molar-refractivity contribution is 8.13. The molecular weight excluding hydrogens is 408 g/mol. The van der Waals surface area contributed by atoms with Crippen LogP contribution in [0.2, 0.25) is 0 Å². The number of rotatable bonds is 16. The lowest BCUT2D eigenvalue weighted by Gasteiger charge is -2.36.